The molecular weight excluding hydrogens is 246 g/mol. The van der Waals surface area contributed by atoms with Gasteiger partial charge >= 0.3 is 0 Å². The van der Waals surface area contributed by atoms with Gasteiger partial charge in [-0.1, -0.05) is 18.2 Å². The van der Waals surface area contributed by atoms with Gasteiger partial charge in [0.1, 0.15) is 5.75 Å². The summed E-state index contributed by atoms with van der Waals surface area (Å²) in [4.78, 5) is 0. The Hall–Kier alpha value is -1.96. The average molecular weight is 267 g/mol. The van der Waals surface area contributed by atoms with Crippen LogP contribution >= 0.6 is 0 Å². The quantitative estimate of drug-likeness (QED) is 0.810. The van der Waals surface area contributed by atoms with Crippen LogP contribution in [0.5, 0.6) is 5.75 Å². The SMILES string of the molecule is Cc1cc(O)ccc1NC(C)c1ccc2c(c1)CCC2. The first-order valence-corrected chi connectivity index (χ1v) is 7.31. The van der Waals surface area contributed by atoms with Crippen molar-refractivity contribution in [1.29, 1.82) is 0 Å². The van der Waals surface area contributed by atoms with Gasteiger partial charge in [0.05, 0.1) is 0 Å². The fourth-order valence-corrected chi connectivity index (χ4v) is 2.99. The maximum Gasteiger partial charge on any atom is 0.115 e. The Labute approximate surface area is 120 Å². The van der Waals surface area contributed by atoms with Crippen molar-refractivity contribution in [2.75, 3.05) is 5.32 Å². The molecule has 2 aromatic rings. The number of phenolic OH excluding ortho intramolecular Hbond substituents is 1. The maximum absolute atomic E-state index is 9.47. The van der Waals surface area contributed by atoms with Crippen molar-refractivity contribution in [3.63, 3.8) is 0 Å². The molecule has 0 aromatic heterocycles. The number of hydrogen-bond donors (Lipinski definition) is 2. The summed E-state index contributed by atoms with van der Waals surface area (Å²) in [5.41, 5.74) is 6.51. The zero-order valence-electron chi connectivity index (χ0n) is 12.1. The van der Waals surface area contributed by atoms with E-state index < -0.39 is 0 Å². The van der Waals surface area contributed by atoms with E-state index in [2.05, 4.69) is 30.4 Å². The van der Waals surface area contributed by atoms with E-state index in [1.54, 1.807) is 12.1 Å². The molecule has 20 heavy (non-hydrogen) atoms. The Morgan fingerprint density at radius 1 is 1.05 bits per heavy atom. The largest absolute Gasteiger partial charge is 0.508 e. The molecule has 2 nitrogen and oxygen atoms in total. The number of benzene rings is 2. The van der Waals surface area contributed by atoms with Crippen LogP contribution in [0, 0.1) is 6.92 Å². The highest BCUT2D eigenvalue weighted by Gasteiger charge is 2.13. The van der Waals surface area contributed by atoms with Crippen LogP contribution in [0.15, 0.2) is 36.4 Å². The van der Waals surface area contributed by atoms with Crippen LogP contribution in [0.4, 0.5) is 5.69 Å². The van der Waals surface area contributed by atoms with Gasteiger partial charge in [0.25, 0.3) is 0 Å². The minimum Gasteiger partial charge on any atom is -0.508 e. The van der Waals surface area contributed by atoms with Crippen LogP contribution in [0.1, 0.15) is 41.6 Å². The fraction of sp³-hybridized carbons (Fsp3) is 0.333. The third-order valence-electron chi connectivity index (χ3n) is 4.20. The van der Waals surface area contributed by atoms with Gasteiger partial charge in [0.15, 0.2) is 0 Å². The van der Waals surface area contributed by atoms with Crippen molar-refractivity contribution >= 4 is 5.69 Å². The van der Waals surface area contributed by atoms with Gasteiger partial charge in [-0.3, -0.25) is 0 Å². The molecule has 2 N–H and O–H groups in total. The molecule has 0 heterocycles. The molecule has 3 rings (SSSR count). The van der Waals surface area contributed by atoms with E-state index in [0.717, 1.165) is 11.3 Å². The smallest absolute Gasteiger partial charge is 0.115 e. The fourth-order valence-electron chi connectivity index (χ4n) is 2.99. The van der Waals surface area contributed by atoms with Gasteiger partial charge in [0.2, 0.25) is 0 Å². The summed E-state index contributed by atoms with van der Waals surface area (Å²) in [6, 6.07) is 12.6. The van der Waals surface area contributed by atoms with E-state index >= 15 is 0 Å². The summed E-state index contributed by atoms with van der Waals surface area (Å²) < 4.78 is 0. The second-order valence-corrected chi connectivity index (χ2v) is 5.75. The molecule has 1 atom stereocenters. The minimum absolute atomic E-state index is 0.268. The van der Waals surface area contributed by atoms with Gasteiger partial charge in [-0.25, -0.2) is 0 Å². The normalized spacial score (nSPS) is 14.9. The second-order valence-electron chi connectivity index (χ2n) is 5.75. The Bertz CT molecular complexity index is 633. The molecular formula is C18H21NO. The van der Waals surface area contributed by atoms with Gasteiger partial charge in [-0.2, -0.15) is 0 Å². The van der Waals surface area contributed by atoms with Crippen molar-refractivity contribution in [2.45, 2.75) is 39.2 Å². The Morgan fingerprint density at radius 2 is 1.85 bits per heavy atom. The lowest BCUT2D eigenvalue weighted by Crippen LogP contribution is -2.08. The van der Waals surface area contributed by atoms with E-state index in [4.69, 9.17) is 0 Å². The monoisotopic (exact) mass is 267 g/mol. The summed E-state index contributed by atoms with van der Waals surface area (Å²) in [6.45, 7) is 4.19. The summed E-state index contributed by atoms with van der Waals surface area (Å²) in [5.74, 6) is 0.318. The molecule has 2 aromatic carbocycles. The van der Waals surface area contributed by atoms with Crippen molar-refractivity contribution in [3.05, 3.63) is 58.7 Å². The molecule has 0 saturated carbocycles. The van der Waals surface area contributed by atoms with E-state index in [0.29, 0.717) is 5.75 Å². The first-order valence-electron chi connectivity index (χ1n) is 7.31. The number of anilines is 1. The van der Waals surface area contributed by atoms with E-state index in [9.17, 15) is 5.11 Å². The van der Waals surface area contributed by atoms with Gasteiger partial charge in [0, 0.05) is 11.7 Å². The Morgan fingerprint density at radius 3 is 2.65 bits per heavy atom. The molecule has 1 aliphatic rings. The molecule has 0 radical (unpaired) electrons. The van der Waals surface area contributed by atoms with E-state index in [1.807, 2.05) is 13.0 Å². The van der Waals surface area contributed by atoms with Crippen molar-refractivity contribution < 1.29 is 5.11 Å². The van der Waals surface area contributed by atoms with Crippen LogP contribution in [0.3, 0.4) is 0 Å². The number of fused-ring (bicyclic) bond motifs is 1. The standard InChI is InChI=1S/C18H21NO/c1-12-10-17(20)8-9-18(12)19-13(2)15-7-6-14-4-3-5-16(14)11-15/h6-11,13,19-20H,3-5H2,1-2H3. The third-order valence-corrected chi connectivity index (χ3v) is 4.20. The lowest BCUT2D eigenvalue weighted by atomic mass is 10.0. The predicted octanol–water partition coefficient (Wildman–Crippen LogP) is 4.36. The summed E-state index contributed by atoms with van der Waals surface area (Å²) in [7, 11) is 0. The first-order chi connectivity index (χ1) is 9.63. The minimum atomic E-state index is 0.268. The molecule has 2 heteroatoms. The molecule has 0 spiro atoms. The number of aryl methyl sites for hydroxylation is 3. The highest BCUT2D eigenvalue weighted by molar-refractivity contribution is 5.54. The number of aromatic hydroxyl groups is 1. The number of phenols is 1. The van der Waals surface area contributed by atoms with Gasteiger partial charge < -0.3 is 10.4 Å². The van der Waals surface area contributed by atoms with Crippen LogP contribution in [0.2, 0.25) is 0 Å². The lowest BCUT2D eigenvalue weighted by molar-refractivity contribution is 0.475. The summed E-state index contributed by atoms with van der Waals surface area (Å²) in [5, 5.41) is 13.0. The first kappa shape index (κ1) is 13.0. The lowest BCUT2D eigenvalue weighted by Gasteiger charge is -2.18. The van der Waals surface area contributed by atoms with Gasteiger partial charge in [-0.05, 0) is 73.6 Å². The van der Waals surface area contributed by atoms with Crippen LogP contribution in [-0.4, -0.2) is 5.11 Å². The number of rotatable bonds is 3. The maximum atomic E-state index is 9.47. The number of hydrogen-bond acceptors (Lipinski definition) is 2. The topological polar surface area (TPSA) is 32.3 Å². The molecule has 0 amide bonds. The zero-order valence-corrected chi connectivity index (χ0v) is 12.1. The van der Waals surface area contributed by atoms with Crippen LogP contribution in [-0.2, 0) is 12.8 Å². The summed E-state index contributed by atoms with van der Waals surface area (Å²) in [6.07, 6.45) is 3.74. The van der Waals surface area contributed by atoms with Gasteiger partial charge in [-0.15, -0.1) is 0 Å². The van der Waals surface area contributed by atoms with Crippen molar-refractivity contribution in [2.24, 2.45) is 0 Å². The molecule has 0 aliphatic heterocycles. The second kappa shape index (κ2) is 5.20. The average Bonchev–Trinajstić information content (AvgIpc) is 2.89. The molecule has 1 unspecified atom stereocenters. The van der Waals surface area contributed by atoms with Crippen LogP contribution < -0.4 is 5.32 Å². The zero-order chi connectivity index (χ0) is 14.1. The highest BCUT2D eigenvalue weighted by Crippen LogP contribution is 2.28. The predicted molar refractivity (Wildman–Crippen MR) is 83.3 cm³/mol. The van der Waals surface area contributed by atoms with E-state index in [1.165, 1.54) is 36.0 Å². The molecule has 1 aliphatic carbocycles. The Kier molecular flexibility index (Phi) is 3.39. The number of nitrogens with one attached hydrogen (secondary N) is 1. The Balaban J connectivity index is 1.80. The molecule has 0 saturated heterocycles. The molecule has 104 valence electrons. The third kappa shape index (κ3) is 2.51. The molecule has 0 fully saturated rings. The summed E-state index contributed by atoms with van der Waals surface area (Å²) >= 11 is 0. The highest BCUT2D eigenvalue weighted by atomic mass is 16.3. The van der Waals surface area contributed by atoms with Crippen molar-refractivity contribution in [3.8, 4) is 5.75 Å². The van der Waals surface area contributed by atoms with Crippen molar-refractivity contribution in [1.82, 2.24) is 0 Å². The van der Waals surface area contributed by atoms with E-state index in [-0.39, 0.29) is 6.04 Å². The van der Waals surface area contributed by atoms with Crippen LogP contribution in [0.25, 0.3) is 0 Å². The molecule has 0 bridgehead atoms.